The fraction of sp³-hybridized carbons (Fsp3) is 0.263. The Balaban J connectivity index is 1.95. The molecule has 8 heteroatoms. The van der Waals surface area contributed by atoms with Gasteiger partial charge in [0, 0.05) is 18.7 Å². The number of imide groups is 1. The second kappa shape index (κ2) is 7.40. The number of rotatable bonds is 5. The van der Waals surface area contributed by atoms with Crippen LogP contribution in [-0.2, 0) is 4.79 Å². The lowest BCUT2D eigenvalue weighted by Crippen LogP contribution is -2.28. The normalized spacial score (nSPS) is 15.8. The number of carbonyl (C=O) groups excluding carboxylic acids is 2. The number of hydrogen-bond acceptors (Lipinski definition) is 6. The molecular formula is C19H18N2O5S. The molecule has 1 aliphatic heterocycles. The Bertz CT molecular complexity index is 976. The molecule has 1 aliphatic rings. The monoisotopic (exact) mass is 386 g/mol. The second-order valence-electron chi connectivity index (χ2n) is 6.25. The molecule has 3 rings (SSSR count). The summed E-state index contributed by atoms with van der Waals surface area (Å²) in [6.07, 6.45) is 2.18. The number of aryl methyl sites for hydroxylation is 2. The van der Waals surface area contributed by atoms with Crippen molar-refractivity contribution in [3.63, 3.8) is 0 Å². The lowest BCUT2D eigenvalue weighted by molar-refractivity contribution is -0.384. The first-order valence-electron chi connectivity index (χ1n) is 8.43. The highest BCUT2D eigenvalue weighted by Crippen LogP contribution is 2.36. The average Bonchev–Trinajstić information content (AvgIpc) is 3.17. The molecule has 2 heterocycles. The number of amides is 2. The van der Waals surface area contributed by atoms with Crippen LogP contribution in [0.25, 0.3) is 17.4 Å². The number of hydrogen-bond donors (Lipinski definition) is 0. The maximum absolute atomic E-state index is 12.3. The minimum Gasteiger partial charge on any atom is -0.456 e. The highest BCUT2D eigenvalue weighted by atomic mass is 32.2. The van der Waals surface area contributed by atoms with Gasteiger partial charge in [0.2, 0.25) is 0 Å². The minimum absolute atomic E-state index is 0.0396. The van der Waals surface area contributed by atoms with Crippen molar-refractivity contribution in [2.45, 2.75) is 27.2 Å². The van der Waals surface area contributed by atoms with Gasteiger partial charge in [0.15, 0.2) is 0 Å². The predicted octanol–water partition coefficient (Wildman–Crippen LogP) is 4.92. The minimum atomic E-state index is -0.444. The van der Waals surface area contributed by atoms with Crippen LogP contribution in [-0.4, -0.2) is 27.5 Å². The first kappa shape index (κ1) is 18.9. The third-order valence-corrected chi connectivity index (χ3v) is 5.20. The molecule has 0 bridgehead atoms. The fourth-order valence-corrected chi connectivity index (χ4v) is 3.62. The number of furan rings is 1. The molecule has 7 nitrogen and oxygen atoms in total. The van der Waals surface area contributed by atoms with E-state index < -0.39 is 4.92 Å². The Hall–Kier alpha value is -2.87. The van der Waals surface area contributed by atoms with Crippen LogP contribution < -0.4 is 0 Å². The number of benzene rings is 1. The van der Waals surface area contributed by atoms with Crippen molar-refractivity contribution in [3.05, 3.63) is 56.2 Å². The van der Waals surface area contributed by atoms with Gasteiger partial charge in [-0.1, -0.05) is 6.92 Å². The van der Waals surface area contributed by atoms with Gasteiger partial charge in [0.25, 0.3) is 16.8 Å². The topological polar surface area (TPSA) is 93.7 Å². The van der Waals surface area contributed by atoms with Crippen LogP contribution in [0.1, 0.15) is 30.2 Å². The molecule has 140 valence electrons. The second-order valence-corrected chi connectivity index (χ2v) is 7.24. The Morgan fingerprint density at radius 2 is 1.93 bits per heavy atom. The van der Waals surface area contributed by atoms with Crippen LogP contribution in [0.3, 0.4) is 0 Å². The van der Waals surface area contributed by atoms with E-state index in [-0.39, 0.29) is 21.7 Å². The Morgan fingerprint density at radius 3 is 2.59 bits per heavy atom. The Kier molecular flexibility index (Phi) is 5.18. The number of carbonyl (C=O) groups is 2. The molecule has 0 N–H and O–H groups in total. The molecule has 0 radical (unpaired) electrons. The quantitative estimate of drug-likeness (QED) is 0.411. The van der Waals surface area contributed by atoms with Crippen LogP contribution in [0.4, 0.5) is 10.5 Å². The number of nitro groups is 1. The lowest BCUT2D eigenvalue weighted by Gasteiger charge is -2.09. The molecule has 0 unspecified atom stereocenters. The standard InChI is InChI=1S/C19H18N2O5S/c1-4-7-20-18(22)17(27-19(20)23)10-13-5-6-16(26-13)14-8-11(2)12(3)9-15(14)21(24)25/h5-6,8-10H,4,7H2,1-3H3/b17-10-. The summed E-state index contributed by atoms with van der Waals surface area (Å²) in [7, 11) is 0. The average molecular weight is 386 g/mol. The van der Waals surface area contributed by atoms with Crippen molar-refractivity contribution in [1.29, 1.82) is 0 Å². The van der Waals surface area contributed by atoms with E-state index in [1.54, 1.807) is 18.2 Å². The van der Waals surface area contributed by atoms with Gasteiger partial charge in [0.05, 0.1) is 15.4 Å². The van der Waals surface area contributed by atoms with Crippen molar-refractivity contribution in [3.8, 4) is 11.3 Å². The SMILES string of the molecule is CCCN1C(=O)S/C(=C\c2ccc(-c3cc(C)c(C)cc3[N+](=O)[O-])o2)C1=O. The van der Waals surface area contributed by atoms with E-state index in [4.69, 9.17) is 4.42 Å². The largest absolute Gasteiger partial charge is 0.456 e. The summed E-state index contributed by atoms with van der Waals surface area (Å²) in [5.41, 5.74) is 2.07. The third kappa shape index (κ3) is 3.66. The van der Waals surface area contributed by atoms with Crippen molar-refractivity contribution >= 4 is 34.7 Å². The lowest BCUT2D eigenvalue weighted by atomic mass is 10.0. The smallest absolute Gasteiger partial charge is 0.293 e. The molecule has 0 aliphatic carbocycles. The predicted molar refractivity (Wildman–Crippen MR) is 103 cm³/mol. The molecule has 0 atom stereocenters. The van der Waals surface area contributed by atoms with E-state index in [0.29, 0.717) is 30.0 Å². The summed E-state index contributed by atoms with van der Waals surface area (Å²) in [5.74, 6) is 0.352. The summed E-state index contributed by atoms with van der Waals surface area (Å²) < 4.78 is 5.72. The summed E-state index contributed by atoms with van der Waals surface area (Å²) in [4.78, 5) is 36.6. The van der Waals surface area contributed by atoms with E-state index in [1.807, 2.05) is 20.8 Å². The van der Waals surface area contributed by atoms with Crippen LogP contribution in [0, 0.1) is 24.0 Å². The van der Waals surface area contributed by atoms with Gasteiger partial charge >= 0.3 is 0 Å². The summed E-state index contributed by atoms with van der Waals surface area (Å²) >= 11 is 0.864. The Morgan fingerprint density at radius 1 is 1.22 bits per heavy atom. The van der Waals surface area contributed by atoms with Crippen molar-refractivity contribution in [1.82, 2.24) is 4.90 Å². The van der Waals surface area contributed by atoms with Gasteiger partial charge in [-0.15, -0.1) is 0 Å². The van der Waals surface area contributed by atoms with Crippen LogP contribution in [0.15, 0.2) is 33.6 Å². The van der Waals surface area contributed by atoms with Gasteiger partial charge in [-0.3, -0.25) is 24.6 Å². The van der Waals surface area contributed by atoms with Gasteiger partial charge < -0.3 is 4.42 Å². The summed E-state index contributed by atoms with van der Waals surface area (Å²) in [6.45, 7) is 5.95. The van der Waals surface area contributed by atoms with E-state index in [9.17, 15) is 19.7 Å². The zero-order chi connectivity index (χ0) is 19.7. The Labute approximate surface area is 160 Å². The van der Waals surface area contributed by atoms with Gasteiger partial charge in [-0.25, -0.2) is 0 Å². The maximum atomic E-state index is 12.3. The molecular weight excluding hydrogens is 368 g/mol. The first-order valence-corrected chi connectivity index (χ1v) is 9.24. The molecule has 0 spiro atoms. The van der Waals surface area contributed by atoms with Crippen molar-refractivity contribution < 1.29 is 18.9 Å². The van der Waals surface area contributed by atoms with E-state index in [0.717, 1.165) is 22.9 Å². The molecule has 2 amide bonds. The zero-order valence-corrected chi connectivity index (χ0v) is 16.0. The molecule has 27 heavy (non-hydrogen) atoms. The van der Waals surface area contributed by atoms with E-state index in [1.165, 1.54) is 17.0 Å². The van der Waals surface area contributed by atoms with E-state index in [2.05, 4.69) is 0 Å². The highest BCUT2D eigenvalue weighted by Gasteiger charge is 2.34. The molecule has 0 saturated carbocycles. The van der Waals surface area contributed by atoms with Crippen molar-refractivity contribution in [2.75, 3.05) is 6.54 Å². The molecule has 2 aromatic rings. The molecule has 1 saturated heterocycles. The first-order chi connectivity index (χ1) is 12.8. The highest BCUT2D eigenvalue weighted by molar-refractivity contribution is 8.18. The molecule has 1 aromatic heterocycles. The van der Waals surface area contributed by atoms with E-state index >= 15 is 0 Å². The molecule has 1 fully saturated rings. The number of nitro benzene ring substituents is 1. The van der Waals surface area contributed by atoms with Gasteiger partial charge in [-0.2, -0.15) is 0 Å². The summed E-state index contributed by atoms with van der Waals surface area (Å²) in [6, 6.07) is 6.48. The van der Waals surface area contributed by atoms with Gasteiger partial charge in [-0.05, 0) is 61.4 Å². The van der Waals surface area contributed by atoms with Crippen LogP contribution >= 0.6 is 11.8 Å². The zero-order valence-electron chi connectivity index (χ0n) is 15.1. The van der Waals surface area contributed by atoms with Crippen LogP contribution in [0.5, 0.6) is 0 Å². The molecule has 1 aromatic carbocycles. The van der Waals surface area contributed by atoms with Crippen molar-refractivity contribution in [2.24, 2.45) is 0 Å². The number of nitrogens with zero attached hydrogens (tertiary/aromatic N) is 2. The maximum Gasteiger partial charge on any atom is 0.293 e. The summed E-state index contributed by atoms with van der Waals surface area (Å²) in [5, 5.41) is 11.1. The third-order valence-electron chi connectivity index (χ3n) is 4.30. The fourth-order valence-electron chi connectivity index (χ4n) is 2.77. The van der Waals surface area contributed by atoms with Crippen LogP contribution in [0.2, 0.25) is 0 Å². The van der Waals surface area contributed by atoms with Gasteiger partial charge in [0.1, 0.15) is 11.5 Å². The number of thioether (sulfide) groups is 1.